The molecule has 0 aliphatic heterocycles. The number of hydrogen-bond acceptors (Lipinski definition) is 4. The van der Waals surface area contributed by atoms with Crippen LogP contribution in [0.3, 0.4) is 0 Å². The monoisotopic (exact) mass is 275 g/mol. The third kappa shape index (κ3) is 3.11. The van der Waals surface area contributed by atoms with Crippen LogP contribution in [-0.4, -0.2) is 22.0 Å². The SMILES string of the molecule is COc1ccc(O)c(C(C)NCc2cn(C)nc2C)c1. The fourth-order valence-electron chi connectivity index (χ4n) is 2.20. The molecule has 2 N–H and O–H groups in total. The minimum atomic E-state index is 0.0182. The summed E-state index contributed by atoms with van der Waals surface area (Å²) in [6, 6.07) is 5.27. The van der Waals surface area contributed by atoms with E-state index in [1.807, 2.05) is 33.2 Å². The Morgan fingerprint density at radius 2 is 2.20 bits per heavy atom. The molecule has 108 valence electrons. The van der Waals surface area contributed by atoms with Gasteiger partial charge in [-0.1, -0.05) is 0 Å². The molecule has 1 aromatic carbocycles. The van der Waals surface area contributed by atoms with Gasteiger partial charge in [0.15, 0.2) is 0 Å². The summed E-state index contributed by atoms with van der Waals surface area (Å²) in [5.74, 6) is 1.01. The Hall–Kier alpha value is -2.01. The van der Waals surface area contributed by atoms with Gasteiger partial charge in [0.05, 0.1) is 12.8 Å². The van der Waals surface area contributed by atoms with Crippen LogP contribution in [0.4, 0.5) is 0 Å². The Balaban J connectivity index is 2.08. The first kappa shape index (κ1) is 14.4. The lowest BCUT2D eigenvalue weighted by atomic mass is 10.1. The van der Waals surface area contributed by atoms with Gasteiger partial charge in [0.25, 0.3) is 0 Å². The molecule has 0 spiro atoms. The molecule has 0 fully saturated rings. The van der Waals surface area contributed by atoms with Gasteiger partial charge in [0, 0.05) is 37.0 Å². The van der Waals surface area contributed by atoms with Crippen LogP contribution in [0.5, 0.6) is 11.5 Å². The van der Waals surface area contributed by atoms with Gasteiger partial charge in [-0.15, -0.1) is 0 Å². The lowest BCUT2D eigenvalue weighted by Gasteiger charge is -2.16. The van der Waals surface area contributed by atoms with Crippen molar-refractivity contribution in [3.05, 3.63) is 41.2 Å². The van der Waals surface area contributed by atoms with Crippen LogP contribution in [0.2, 0.25) is 0 Å². The summed E-state index contributed by atoms with van der Waals surface area (Å²) < 4.78 is 7.00. The smallest absolute Gasteiger partial charge is 0.120 e. The molecular formula is C15H21N3O2. The van der Waals surface area contributed by atoms with Gasteiger partial charge in [0.2, 0.25) is 0 Å². The minimum absolute atomic E-state index is 0.0182. The Morgan fingerprint density at radius 1 is 1.45 bits per heavy atom. The average Bonchev–Trinajstić information content (AvgIpc) is 2.75. The molecule has 1 atom stereocenters. The maximum atomic E-state index is 9.94. The number of hydrogen-bond donors (Lipinski definition) is 2. The van der Waals surface area contributed by atoms with Gasteiger partial charge in [-0.25, -0.2) is 0 Å². The van der Waals surface area contributed by atoms with Crippen molar-refractivity contribution >= 4 is 0 Å². The third-order valence-electron chi connectivity index (χ3n) is 3.42. The largest absolute Gasteiger partial charge is 0.508 e. The van der Waals surface area contributed by atoms with E-state index >= 15 is 0 Å². The predicted octanol–water partition coefficient (Wildman–Crippen LogP) is 2.29. The molecule has 1 unspecified atom stereocenters. The Morgan fingerprint density at radius 3 is 2.80 bits per heavy atom. The molecule has 5 nitrogen and oxygen atoms in total. The highest BCUT2D eigenvalue weighted by Crippen LogP contribution is 2.28. The highest BCUT2D eigenvalue weighted by molar-refractivity contribution is 5.41. The predicted molar refractivity (Wildman–Crippen MR) is 77.9 cm³/mol. The molecule has 0 saturated carbocycles. The fourth-order valence-corrected chi connectivity index (χ4v) is 2.20. The number of methoxy groups -OCH3 is 1. The first-order valence-electron chi connectivity index (χ1n) is 6.60. The standard InChI is InChI=1S/C15H21N3O2/c1-10-12(9-18(3)17-10)8-16-11(2)14-7-13(20-4)5-6-15(14)19/h5-7,9,11,16,19H,8H2,1-4H3. The van der Waals surface area contributed by atoms with E-state index in [4.69, 9.17) is 4.74 Å². The van der Waals surface area contributed by atoms with E-state index < -0.39 is 0 Å². The number of phenols is 1. The minimum Gasteiger partial charge on any atom is -0.508 e. The fraction of sp³-hybridized carbons (Fsp3) is 0.400. The second-order valence-electron chi connectivity index (χ2n) is 4.94. The van der Waals surface area contributed by atoms with E-state index in [2.05, 4.69) is 10.4 Å². The molecular weight excluding hydrogens is 254 g/mol. The molecule has 0 bridgehead atoms. The number of nitrogens with one attached hydrogen (secondary N) is 1. The van der Waals surface area contributed by atoms with Crippen molar-refractivity contribution in [3.8, 4) is 11.5 Å². The topological polar surface area (TPSA) is 59.3 Å². The number of rotatable bonds is 5. The van der Waals surface area contributed by atoms with E-state index in [-0.39, 0.29) is 11.8 Å². The van der Waals surface area contributed by atoms with Crippen molar-refractivity contribution in [3.63, 3.8) is 0 Å². The van der Waals surface area contributed by atoms with Gasteiger partial charge >= 0.3 is 0 Å². The number of phenolic OH excluding ortho intramolecular Hbond substituents is 1. The number of aromatic hydroxyl groups is 1. The summed E-state index contributed by atoms with van der Waals surface area (Å²) >= 11 is 0. The highest BCUT2D eigenvalue weighted by Gasteiger charge is 2.12. The molecule has 5 heteroatoms. The molecule has 1 heterocycles. The molecule has 1 aromatic heterocycles. The van der Waals surface area contributed by atoms with Crippen molar-refractivity contribution in [2.45, 2.75) is 26.4 Å². The Labute approximate surface area is 119 Å². The summed E-state index contributed by atoms with van der Waals surface area (Å²) in [4.78, 5) is 0. The Kier molecular flexibility index (Phi) is 4.29. The quantitative estimate of drug-likeness (QED) is 0.879. The van der Waals surface area contributed by atoms with Crippen LogP contribution in [0.1, 0.15) is 29.8 Å². The maximum Gasteiger partial charge on any atom is 0.120 e. The van der Waals surface area contributed by atoms with Gasteiger partial charge < -0.3 is 15.2 Å². The lowest BCUT2D eigenvalue weighted by molar-refractivity contribution is 0.407. The summed E-state index contributed by atoms with van der Waals surface area (Å²) in [5.41, 5.74) is 3.00. The van der Waals surface area contributed by atoms with E-state index in [1.165, 1.54) is 0 Å². The number of benzene rings is 1. The van der Waals surface area contributed by atoms with Crippen LogP contribution < -0.4 is 10.1 Å². The van der Waals surface area contributed by atoms with Gasteiger partial charge in [-0.05, 0) is 32.0 Å². The first-order valence-corrected chi connectivity index (χ1v) is 6.60. The first-order chi connectivity index (χ1) is 9.51. The number of nitrogens with zero attached hydrogens (tertiary/aromatic N) is 2. The second kappa shape index (κ2) is 5.96. The summed E-state index contributed by atoms with van der Waals surface area (Å²) in [7, 11) is 3.53. The molecule has 2 aromatic rings. The van der Waals surface area contributed by atoms with Crippen molar-refractivity contribution in [1.29, 1.82) is 0 Å². The van der Waals surface area contributed by atoms with Crippen LogP contribution in [-0.2, 0) is 13.6 Å². The molecule has 0 amide bonds. The molecule has 0 aliphatic rings. The number of ether oxygens (including phenoxy) is 1. The van der Waals surface area contributed by atoms with Crippen LogP contribution in [0.15, 0.2) is 24.4 Å². The van der Waals surface area contributed by atoms with Crippen molar-refractivity contribution < 1.29 is 9.84 Å². The highest BCUT2D eigenvalue weighted by atomic mass is 16.5. The zero-order chi connectivity index (χ0) is 14.7. The summed E-state index contributed by atoms with van der Waals surface area (Å²) in [6.45, 7) is 4.71. The van der Waals surface area contributed by atoms with Gasteiger partial charge in [-0.2, -0.15) is 5.10 Å². The number of aryl methyl sites for hydroxylation is 2. The van der Waals surface area contributed by atoms with Gasteiger partial charge in [0.1, 0.15) is 11.5 Å². The second-order valence-corrected chi connectivity index (χ2v) is 4.94. The average molecular weight is 275 g/mol. The third-order valence-corrected chi connectivity index (χ3v) is 3.42. The maximum absolute atomic E-state index is 9.94. The zero-order valence-electron chi connectivity index (χ0n) is 12.3. The van der Waals surface area contributed by atoms with Gasteiger partial charge in [-0.3, -0.25) is 4.68 Å². The molecule has 2 rings (SSSR count). The van der Waals surface area contributed by atoms with Crippen molar-refractivity contribution in [1.82, 2.24) is 15.1 Å². The molecule has 0 radical (unpaired) electrons. The van der Waals surface area contributed by atoms with Crippen LogP contribution in [0, 0.1) is 6.92 Å². The van der Waals surface area contributed by atoms with Crippen molar-refractivity contribution in [2.24, 2.45) is 7.05 Å². The van der Waals surface area contributed by atoms with E-state index in [0.717, 1.165) is 22.6 Å². The van der Waals surface area contributed by atoms with Crippen LogP contribution >= 0.6 is 0 Å². The van der Waals surface area contributed by atoms with Crippen LogP contribution in [0.25, 0.3) is 0 Å². The summed E-state index contributed by atoms with van der Waals surface area (Å²) in [6.07, 6.45) is 2.00. The van der Waals surface area contributed by atoms with E-state index in [1.54, 1.807) is 23.9 Å². The Bertz CT molecular complexity index is 593. The lowest BCUT2D eigenvalue weighted by Crippen LogP contribution is -2.18. The summed E-state index contributed by atoms with van der Waals surface area (Å²) in [5, 5.41) is 17.7. The molecule has 0 aliphatic carbocycles. The van der Waals surface area contributed by atoms with E-state index in [9.17, 15) is 5.11 Å². The van der Waals surface area contributed by atoms with Crippen molar-refractivity contribution in [2.75, 3.05) is 7.11 Å². The molecule has 20 heavy (non-hydrogen) atoms. The number of aromatic nitrogens is 2. The normalized spacial score (nSPS) is 12.4. The molecule has 0 saturated heterocycles. The zero-order valence-corrected chi connectivity index (χ0v) is 12.3. The van der Waals surface area contributed by atoms with E-state index in [0.29, 0.717) is 6.54 Å².